The highest BCUT2D eigenvalue weighted by Crippen LogP contribution is 2.29. The van der Waals surface area contributed by atoms with Crippen LogP contribution in [-0.4, -0.2) is 9.78 Å². The highest BCUT2D eigenvalue weighted by atomic mass is 35.5. The lowest BCUT2D eigenvalue weighted by atomic mass is 10.2. The van der Waals surface area contributed by atoms with Crippen molar-refractivity contribution in [2.45, 2.75) is 51.2 Å². The number of hydrogen-bond acceptors (Lipinski definition) is 3. The molecule has 108 valence electrons. The third-order valence-corrected chi connectivity index (χ3v) is 5.39. The van der Waals surface area contributed by atoms with Crippen LogP contribution >= 0.6 is 22.9 Å². The van der Waals surface area contributed by atoms with Crippen molar-refractivity contribution in [3.63, 3.8) is 0 Å². The zero-order valence-corrected chi connectivity index (χ0v) is 13.3. The summed E-state index contributed by atoms with van der Waals surface area (Å²) in [7, 11) is 0. The molecule has 0 spiro atoms. The molecule has 0 saturated heterocycles. The van der Waals surface area contributed by atoms with E-state index in [-0.39, 0.29) is 0 Å². The van der Waals surface area contributed by atoms with Crippen LogP contribution in [0.2, 0.25) is 4.34 Å². The van der Waals surface area contributed by atoms with Crippen LogP contribution in [0.15, 0.2) is 24.4 Å². The Kier molecular flexibility index (Phi) is 4.44. The molecule has 0 amide bonds. The SMILES string of the molecule is CC(NCc1ccn(C2CCCC2)n1)c1ccc(Cl)s1. The molecule has 1 fully saturated rings. The van der Waals surface area contributed by atoms with Gasteiger partial charge in [-0.25, -0.2) is 0 Å². The number of aromatic nitrogens is 2. The lowest BCUT2D eigenvalue weighted by molar-refractivity contribution is 0.458. The number of halogens is 1. The Morgan fingerprint density at radius 1 is 1.40 bits per heavy atom. The molecular weight excluding hydrogens is 290 g/mol. The van der Waals surface area contributed by atoms with E-state index in [4.69, 9.17) is 16.7 Å². The molecule has 3 nitrogen and oxygen atoms in total. The Morgan fingerprint density at radius 3 is 2.90 bits per heavy atom. The first-order valence-electron chi connectivity index (χ1n) is 7.25. The molecule has 2 heterocycles. The first kappa shape index (κ1) is 14.1. The van der Waals surface area contributed by atoms with Crippen LogP contribution in [0.25, 0.3) is 0 Å². The third kappa shape index (κ3) is 3.25. The van der Waals surface area contributed by atoms with E-state index in [9.17, 15) is 0 Å². The Bertz CT molecular complexity index is 557. The molecule has 2 aromatic heterocycles. The van der Waals surface area contributed by atoms with Crippen molar-refractivity contribution in [1.29, 1.82) is 0 Å². The summed E-state index contributed by atoms with van der Waals surface area (Å²) in [5, 5.41) is 8.20. The van der Waals surface area contributed by atoms with E-state index < -0.39 is 0 Å². The Balaban J connectivity index is 1.55. The second-order valence-corrected chi connectivity index (χ2v) is 7.22. The molecule has 5 heteroatoms. The summed E-state index contributed by atoms with van der Waals surface area (Å²) in [5.41, 5.74) is 1.12. The van der Waals surface area contributed by atoms with Crippen molar-refractivity contribution in [2.75, 3.05) is 0 Å². The first-order chi connectivity index (χ1) is 9.72. The standard InChI is InChI=1S/C15H20ClN3S/c1-11(14-6-7-15(16)20-14)17-10-12-8-9-19(18-12)13-4-2-3-5-13/h6-9,11,13,17H,2-5,10H2,1H3. The van der Waals surface area contributed by atoms with Gasteiger partial charge in [0, 0.05) is 23.7 Å². The van der Waals surface area contributed by atoms with E-state index in [2.05, 4.69) is 35.3 Å². The van der Waals surface area contributed by atoms with E-state index in [1.165, 1.54) is 30.6 Å². The van der Waals surface area contributed by atoms with Gasteiger partial charge in [0.1, 0.15) is 0 Å². The van der Waals surface area contributed by atoms with Crippen molar-refractivity contribution in [3.8, 4) is 0 Å². The maximum atomic E-state index is 5.97. The van der Waals surface area contributed by atoms with Crippen LogP contribution < -0.4 is 5.32 Å². The Hall–Kier alpha value is -0.840. The van der Waals surface area contributed by atoms with Gasteiger partial charge in [0.2, 0.25) is 0 Å². The first-order valence-corrected chi connectivity index (χ1v) is 8.44. The summed E-state index contributed by atoms with van der Waals surface area (Å²) in [6.07, 6.45) is 7.36. The van der Waals surface area contributed by atoms with Crippen molar-refractivity contribution >= 4 is 22.9 Å². The van der Waals surface area contributed by atoms with Crippen LogP contribution in [0, 0.1) is 0 Å². The van der Waals surface area contributed by atoms with E-state index in [0.29, 0.717) is 12.1 Å². The minimum atomic E-state index is 0.309. The summed E-state index contributed by atoms with van der Waals surface area (Å²) in [5.74, 6) is 0. The second kappa shape index (κ2) is 6.29. The van der Waals surface area contributed by atoms with Gasteiger partial charge in [-0.1, -0.05) is 24.4 Å². The molecule has 1 atom stereocenters. The van der Waals surface area contributed by atoms with Gasteiger partial charge in [0.15, 0.2) is 0 Å². The fourth-order valence-electron chi connectivity index (χ4n) is 2.76. The predicted molar refractivity (Wildman–Crippen MR) is 84.3 cm³/mol. The summed E-state index contributed by atoms with van der Waals surface area (Å²) in [4.78, 5) is 1.27. The summed E-state index contributed by atoms with van der Waals surface area (Å²) >= 11 is 7.61. The molecule has 1 aliphatic rings. The molecule has 1 saturated carbocycles. The van der Waals surface area contributed by atoms with Gasteiger partial charge in [0.25, 0.3) is 0 Å². The van der Waals surface area contributed by atoms with E-state index in [1.54, 1.807) is 11.3 Å². The number of nitrogens with zero attached hydrogens (tertiary/aromatic N) is 2. The van der Waals surface area contributed by atoms with Crippen molar-refractivity contribution in [2.24, 2.45) is 0 Å². The third-order valence-electron chi connectivity index (χ3n) is 3.97. The molecule has 2 aromatic rings. The minimum absolute atomic E-state index is 0.309. The van der Waals surface area contributed by atoms with Gasteiger partial charge in [-0.2, -0.15) is 5.10 Å². The molecule has 0 aliphatic heterocycles. The Morgan fingerprint density at radius 2 is 2.20 bits per heavy atom. The summed E-state index contributed by atoms with van der Waals surface area (Å²) < 4.78 is 3.00. The second-order valence-electron chi connectivity index (χ2n) is 5.47. The van der Waals surface area contributed by atoms with Gasteiger partial charge in [-0.3, -0.25) is 4.68 Å². The normalized spacial score (nSPS) is 17.7. The van der Waals surface area contributed by atoms with Crippen molar-refractivity contribution in [3.05, 3.63) is 39.3 Å². The van der Waals surface area contributed by atoms with Crippen LogP contribution in [0.4, 0.5) is 0 Å². The predicted octanol–water partition coefficient (Wildman–Crippen LogP) is 4.56. The van der Waals surface area contributed by atoms with Crippen molar-refractivity contribution < 1.29 is 0 Å². The Labute approximate surface area is 129 Å². The molecule has 0 bridgehead atoms. The summed E-state index contributed by atoms with van der Waals surface area (Å²) in [6, 6.07) is 7.09. The number of thiophene rings is 1. The number of nitrogens with one attached hydrogen (secondary N) is 1. The zero-order valence-electron chi connectivity index (χ0n) is 11.7. The van der Waals surface area contributed by atoms with Gasteiger partial charge in [-0.15, -0.1) is 11.3 Å². The van der Waals surface area contributed by atoms with Crippen LogP contribution in [0.1, 0.15) is 55.3 Å². The van der Waals surface area contributed by atoms with E-state index in [0.717, 1.165) is 16.6 Å². The zero-order chi connectivity index (χ0) is 13.9. The lowest BCUT2D eigenvalue weighted by Gasteiger charge is -2.11. The van der Waals surface area contributed by atoms with Crippen LogP contribution in [0.3, 0.4) is 0 Å². The van der Waals surface area contributed by atoms with Gasteiger partial charge < -0.3 is 5.32 Å². The molecule has 0 radical (unpaired) electrons. The topological polar surface area (TPSA) is 29.9 Å². The number of hydrogen-bond donors (Lipinski definition) is 1. The molecule has 0 aromatic carbocycles. The monoisotopic (exact) mass is 309 g/mol. The molecule has 1 aliphatic carbocycles. The maximum absolute atomic E-state index is 5.97. The lowest BCUT2D eigenvalue weighted by Crippen LogP contribution is -2.18. The highest BCUT2D eigenvalue weighted by Gasteiger charge is 2.17. The molecule has 1 N–H and O–H groups in total. The number of rotatable bonds is 5. The smallest absolute Gasteiger partial charge is 0.0931 e. The quantitative estimate of drug-likeness (QED) is 0.877. The van der Waals surface area contributed by atoms with Crippen LogP contribution in [0.5, 0.6) is 0 Å². The molecule has 1 unspecified atom stereocenters. The molecule has 20 heavy (non-hydrogen) atoms. The fourth-order valence-corrected chi connectivity index (χ4v) is 3.85. The maximum Gasteiger partial charge on any atom is 0.0931 e. The largest absolute Gasteiger partial charge is 0.304 e. The average molecular weight is 310 g/mol. The molecular formula is C15H20ClN3S. The van der Waals surface area contributed by atoms with E-state index in [1.807, 2.05) is 6.07 Å². The minimum Gasteiger partial charge on any atom is -0.304 e. The fraction of sp³-hybridized carbons (Fsp3) is 0.533. The summed E-state index contributed by atoms with van der Waals surface area (Å²) in [6.45, 7) is 2.96. The average Bonchev–Trinajstić information content (AvgIpc) is 3.16. The van der Waals surface area contributed by atoms with Gasteiger partial charge >= 0.3 is 0 Å². The van der Waals surface area contributed by atoms with E-state index >= 15 is 0 Å². The molecule has 3 rings (SSSR count). The van der Waals surface area contributed by atoms with Crippen LogP contribution in [-0.2, 0) is 6.54 Å². The highest BCUT2D eigenvalue weighted by molar-refractivity contribution is 7.16. The van der Waals surface area contributed by atoms with Crippen molar-refractivity contribution in [1.82, 2.24) is 15.1 Å². The van der Waals surface area contributed by atoms with Gasteiger partial charge in [0.05, 0.1) is 16.1 Å². The van der Waals surface area contributed by atoms with Gasteiger partial charge in [-0.05, 0) is 38.0 Å².